The lowest BCUT2D eigenvalue weighted by Crippen LogP contribution is -2.43. The maximum Gasteiger partial charge on any atom is 0.433 e. The molecular weight excluding hydrogens is 431 g/mol. The Bertz CT molecular complexity index is 1150. The number of alkyl halides is 3. The van der Waals surface area contributed by atoms with Crippen molar-refractivity contribution >= 4 is 22.7 Å². The average molecular weight is 456 g/mol. The van der Waals surface area contributed by atoms with Crippen LogP contribution in [0, 0.1) is 0 Å². The summed E-state index contributed by atoms with van der Waals surface area (Å²) in [5.74, 6) is 0. The summed E-state index contributed by atoms with van der Waals surface area (Å²) in [6.45, 7) is 8.13. The third kappa shape index (κ3) is 4.48. The van der Waals surface area contributed by atoms with Gasteiger partial charge in [-0.15, -0.1) is 11.3 Å². The Kier molecular flexibility index (Phi) is 5.71. The fourth-order valence-electron chi connectivity index (χ4n) is 3.87. The molecule has 1 unspecified atom stereocenters. The van der Waals surface area contributed by atoms with Gasteiger partial charge in [-0.25, -0.2) is 0 Å². The minimum absolute atomic E-state index is 0.308. The Balaban J connectivity index is 1.78. The SMILES string of the molecule is CC1=NC(c2cccc(-c3cccs3)c2)N(C(C)(C)C)C(c2ccc(C(F)(F)F)nc2)=C1. The first-order chi connectivity index (χ1) is 15.0. The van der Waals surface area contributed by atoms with Crippen molar-refractivity contribution in [1.29, 1.82) is 0 Å². The minimum Gasteiger partial charge on any atom is -0.340 e. The summed E-state index contributed by atoms with van der Waals surface area (Å²) < 4.78 is 39.1. The van der Waals surface area contributed by atoms with Crippen molar-refractivity contribution in [3.63, 3.8) is 0 Å². The van der Waals surface area contributed by atoms with Crippen molar-refractivity contribution in [3.8, 4) is 10.4 Å². The Morgan fingerprint density at radius 3 is 2.34 bits per heavy atom. The molecule has 0 radical (unpaired) electrons. The quantitative estimate of drug-likeness (QED) is 0.410. The standard InChI is InChI=1S/C25H24F3N3S/c1-16-13-20(19-10-11-22(29-15-19)25(26,27)28)31(24(2,3)4)23(30-16)18-8-5-7-17(14-18)21-9-6-12-32-21/h5-15,23H,1-4H3. The minimum atomic E-state index is -4.47. The molecule has 0 saturated heterocycles. The molecule has 0 fully saturated rings. The number of benzene rings is 1. The van der Waals surface area contributed by atoms with Crippen LogP contribution in [0.4, 0.5) is 13.2 Å². The van der Waals surface area contributed by atoms with Crippen molar-refractivity contribution < 1.29 is 13.2 Å². The topological polar surface area (TPSA) is 28.5 Å². The number of allylic oxidation sites excluding steroid dienone is 1. The van der Waals surface area contributed by atoms with Crippen LogP contribution in [0.3, 0.4) is 0 Å². The van der Waals surface area contributed by atoms with Crippen molar-refractivity contribution in [2.75, 3.05) is 0 Å². The fourth-order valence-corrected chi connectivity index (χ4v) is 4.59. The van der Waals surface area contributed by atoms with E-state index in [1.54, 1.807) is 11.3 Å². The number of thiophene rings is 1. The van der Waals surface area contributed by atoms with E-state index in [4.69, 9.17) is 4.99 Å². The van der Waals surface area contributed by atoms with Gasteiger partial charge in [0.05, 0.1) is 0 Å². The normalized spacial score (nSPS) is 17.2. The molecule has 0 bridgehead atoms. The number of nitrogens with zero attached hydrogens (tertiary/aromatic N) is 3. The smallest absolute Gasteiger partial charge is 0.340 e. The van der Waals surface area contributed by atoms with Gasteiger partial charge in [0.15, 0.2) is 0 Å². The number of hydrogen-bond donors (Lipinski definition) is 0. The summed E-state index contributed by atoms with van der Waals surface area (Å²) in [5, 5.41) is 2.05. The zero-order valence-electron chi connectivity index (χ0n) is 18.3. The maximum atomic E-state index is 13.0. The highest BCUT2D eigenvalue weighted by molar-refractivity contribution is 7.13. The summed E-state index contributed by atoms with van der Waals surface area (Å²) in [6, 6.07) is 14.9. The second-order valence-electron chi connectivity index (χ2n) is 8.75. The lowest BCUT2D eigenvalue weighted by molar-refractivity contribution is -0.141. The van der Waals surface area contributed by atoms with Crippen LogP contribution in [0.1, 0.15) is 50.7 Å². The van der Waals surface area contributed by atoms with Crippen LogP contribution in [0.5, 0.6) is 0 Å². The molecule has 1 aliphatic rings. The predicted molar refractivity (Wildman–Crippen MR) is 124 cm³/mol. The van der Waals surface area contributed by atoms with Gasteiger partial charge in [0.25, 0.3) is 0 Å². The van der Waals surface area contributed by atoms with Gasteiger partial charge >= 0.3 is 6.18 Å². The van der Waals surface area contributed by atoms with Crippen molar-refractivity contribution in [2.45, 2.75) is 45.6 Å². The van der Waals surface area contributed by atoms with Gasteiger partial charge in [-0.3, -0.25) is 9.98 Å². The van der Waals surface area contributed by atoms with E-state index in [2.05, 4.69) is 48.9 Å². The van der Waals surface area contributed by atoms with Gasteiger partial charge in [-0.05, 0) is 74.5 Å². The molecule has 2 aromatic heterocycles. The lowest BCUT2D eigenvalue weighted by Gasteiger charge is -2.45. The summed E-state index contributed by atoms with van der Waals surface area (Å²) in [6.07, 6.45) is -1.57. The molecule has 166 valence electrons. The molecule has 1 aromatic carbocycles. The molecule has 3 heterocycles. The van der Waals surface area contributed by atoms with Gasteiger partial charge in [0.2, 0.25) is 0 Å². The van der Waals surface area contributed by atoms with Gasteiger partial charge < -0.3 is 4.90 Å². The highest BCUT2D eigenvalue weighted by Crippen LogP contribution is 2.41. The van der Waals surface area contributed by atoms with Crippen molar-refractivity contribution in [3.05, 3.63) is 83.0 Å². The number of pyridine rings is 1. The Morgan fingerprint density at radius 2 is 1.75 bits per heavy atom. The molecule has 3 nitrogen and oxygen atoms in total. The Labute approximate surface area is 190 Å². The van der Waals surface area contributed by atoms with Gasteiger partial charge in [-0.1, -0.05) is 24.3 Å². The first-order valence-electron chi connectivity index (χ1n) is 10.3. The number of halogens is 3. The molecule has 3 aromatic rings. The monoisotopic (exact) mass is 455 g/mol. The molecule has 0 spiro atoms. The Morgan fingerprint density at radius 1 is 0.969 bits per heavy atom. The molecule has 1 aliphatic heterocycles. The first-order valence-corrected chi connectivity index (χ1v) is 11.1. The Hall–Kier alpha value is -2.93. The molecule has 32 heavy (non-hydrogen) atoms. The molecule has 0 amide bonds. The van der Waals surface area contributed by atoms with E-state index < -0.39 is 11.9 Å². The van der Waals surface area contributed by atoms with Gasteiger partial charge in [-0.2, -0.15) is 13.2 Å². The maximum absolute atomic E-state index is 13.0. The number of hydrogen-bond acceptors (Lipinski definition) is 4. The number of rotatable bonds is 3. The van der Waals surface area contributed by atoms with E-state index in [1.807, 2.05) is 36.6 Å². The second-order valence-corrected chi connectivity index (χ2v) is 9.69. The second kappa shape index (κ2) is 8.20. The molecule has 1 atom stereocenters. The molecule has 0 aliphatic carbocycles. The van der Waals surface area contributed by atoms with Crippen LogP contribution in [0.15, 0.2) is 71.2 Å². The number of aliphatic imine (C=N–C) groups is 1. The first kappa shape index (κ1) is 22.3. The van der Waals surface area contributed by atoms with E-state index in [1.165, 1.54) is 17.1 Å². The highest BCUT2D eigenvalue weighted by atomic mass is 32.1. The van der Waals surface area contributed by atoms with Crippen LogP contribution >= 0.6 is 11.3 Å². The summed E-state index contributed by atoms with van der Waals surface area (Å²) in [7, 11) is 0. The fraction of sp³-hybridized carbons (Fsp3) is 0.280. The summed E-state index contributed by atoms with van der Waals surface area (Å²) >= 11 is 1.68. The lowest BCUT2D eigenvalue weighted by atomic mass is 9.95. The predicted octanol–water partition coefficient (Wildman–Crippen LogP) is 7.44. The van der Waals surface area contributed by atoms with E-state index in [0.717, 1.165) is 28.6 Å². The van der Waals surface area contributed by atoms with Gasteiger partial charge in [0, 0.05) is 33.6 Å². The van der Waals surface area contributed by atoms with Crippen LogP contribution in [0.2, 0.25) is 0 Å². The zero-order valence-corrected chi connectivity index (χ0v) is 19.1. The van der Waals surface area contributed by atoms with E-state index in [0.29, 0.717) is 5.56 Å². The van der Waals surface area contributed by atoms with E-state index in [-0.39, 0.29) is 11.7 Å². The third-order valence-corrected chi connectivity index (χ3v) is 6.16. The summed E-state index contributed by atoms with van der Waals surface area (Å²) in [5.41, 5.74) is 3.14. The molecular formula is C25H24F3N3S. The molecule has 4 rings (SSSR count). The third-order valence-electron chi connectivity index (χ3n) is 5.24. The largest absolute Gasteiger partial charge is 0.433 e. The van der Waals surface area contributed by atoms with Gasteiger partial charge in [0.1, 0.15) is 11.9 Å². The van der Waals surface area contributed by atoms with Crippen LogP contribution in [-0.2, 0) is 6.18 Å². The summed E-state index contributed by atoms with van der Waals surface area (Å²) in [4.78, 5) is 11.9. The van der Waals surface area contributed by atoms with Crippen molar-refractivity contribution in [1.82, 2.24) is 9.88 Å². The van der Waals surface area contributed by atoms with Crippen LogP contribution in [0.25, 0.3) is 16.1 Å². The van der Waals surface area contributed by atoms with Crippen LogP contribution in [-0.4, -0.2) is 21.1 Å². The highest BCUT2D eigenvalue weighted by Gasteiger charge is 2.36. The average Bonchev–Trinajstić information content (AvgIpc) is 3.27. The van der Waals surface area contributed by atoms with E-state index >= 15 is 0 Å². The number of aromatic nitrogens is 1. The van der Waals surface area contributed by atoms with Crippen molar-refractivity contribution in [2.24, 2.45) is 4.99 Å². The molecule has 0 N–H and O–H groups in total. The molecule has 7 heteroatoms. The molecule has 0 saturated carbocycles. The zero-order chi connectivity index (χ0) is 23.1. The van der Waals surface area contributed by atoms with E-state index in [9.17, 15) is 13.2 Å². The van der Waals surface area contributed by atoms with Crippen LogP contribution < -0.4 is 0 Å².